The average molecular weight is 349 g/mol. The molecule has 0 aromatic carbocycles. The highest BCUT2D eigenvalue weighted by molar-refractivity contribution is 5.75. The zero-order valence-electron chi connectivity index (χ0n) is 16.3. The molecule has 1 saturated carbocycles. The Labute approximate surface area is 153 Å². The molecule has 4 nitrogen and oxygen atoms in total. The van der Waals surface area contributed by atoms with Gasteiger partial charge in [-0.05, 0) is 51.9 Å². The maximum absolute atomic E-state index is 12.9. The van der Waals surface area contributed by atoms with Gasteiger partial charge in [-0.2, -0.15) is 0 Å². The van der Waals surface area contributed by atoms with Crippen molar-refractivity contribution in [1.29, 1.82) is 0 Å². The Morgan fingerprint density at radius 3 is 2.80 bits per heavy atom. The maximum Gasteiger partial charge on any atom is 0.317 e. The van der Waals surface area contributed by atoms with Crippen LogP contribution in [0, 0.1) is 11.3 Å². The van der Waals surface area contributed by atoms with Gasteiger partial charge in [-0.15, -0.1) is 0 Å². The van der Waals surface area contributed by atoms with E-state index in [1.165, 1.54) is 31.3 Å². The fraction of sp³-hybridized carbons (Fsp3) is 0.857. The van der Waals surface area contributed by atoms with Gasteiger partial charge < -0.3 is 15.3 Å². The first kappa shape index (κ1) is 18.8. The van der Waals surface area contributed by atoms with E-state index in [-0.39, 0.29) is 23.4 Å². The Morgan fingerprint density at radius 1 is 1.32 bits per heavy atom. The third-order valence-electron chi connectivity index (χ3n) is 6.86. The molecule has 1 aliphatic heterocycles. The van der Waals surface area contributed by atoms with Gasteiger partial charge in [0, 0.05) is 30.5 Å². The molecular weight excluding hydrogens is 312 g/mol. The largest absolute Gasteiger partial charge is 0.390 e. The van der Waals surface area contributed by atoms with E-state index in [1.807, 2.05) is 11.8 Å². The summed E-state index contributed by atoms with van der Waals surface area (Å²) in [5.74, 6) is 0.222. The molecule has 3 atom stereocenters. The topological polar surface area (TPSA) is 52.6 Å². The molecule has 0 spiro atoms. The zero-order valence-corrected chi connectivity index (χ0v) is 16.3. The van der Waals surface area contributed by atoms with Crippen LogP contribution in [0.2, 0.25) is 0 Å². The molecule has 0 bridgehead atoms. The van der Waals surface area contributed by atoms with Crippen molar-refractivity contribution in [3.05, 3.63) is 11.6 Å². The minimum absolute atomic E-state index is 0.0394. The number of nitrogens with one attached hydrogen (secondary N) is 1. The molecule has 3 rings (SSSR count). The van der Waals surface area contributed by atoms with Crippen LogP contribution in [0.4, 0.5) is 4.79 Å². The second-order valence-electron chi connectivity index (χ2n) is 9.28. The van der Waals surface area contributed by atoms with Crippen LogP contribution in [0.15, 0.2) is 11.6 Å². The molecule has 0 aromatic heterocycles. The highest BCUT2D eigenvalue weighted by atomic mass is 16.3. The quantitative estimate of drug-likeness (QED) is 0.747. The number of carbonyl (C=O) groups is 1. The van der Waals surface area contributed by atoms with Crippen LogP contribution in [-0.4, -0.2) is 40.8 Å². The summed E-state index contributed by atoms with van der Waals surface area (Å²) in [4.78, 5) is 14.9. The van der Waals surface area contributed by atoms with E-state index < -0.39 is 5.60 Å². The second kappa shape index (κ2) is 7.30. The number of hydrogen-bond acceptors (Lipinski definition) is 2. The first-order valence-electron chi connectivity index (χ1n) is 10.3. The first-order valence-corrected chi connectivity index (χ1v) is 10.3. The van der Waals surface area contributed by atoms with Crippen molar-refractivity contribution < 1.29 is 9.90 Å². The lowest BCUT2D eigenvalue weighted by molar-refractivity contribution is -0.0563. The van der Waals surface area contributed by atoms with Crippen LogP contribution in [0.1, 0.15) is 78.6 Å². The molecule has 4 heteroatoms. The fourth-order valence-corrected chi connectivity index (χ4v) is 5.21. The molecule has 3 unspecified atom stereocenters. The van der Waals surface area contributed by atoms with Crippen LogP contribution in [0.5, 0.6) is 0 Å². The summed E-state index contributed by atoms with van der Waals surface area (Å²) in [6.07, 6.45) is 12.2. The molecule has 3 aliphatic rings. The van der Waals surface area contributed by atoms with Gasteiger partial charge in [0.1, 0.15) is 0 Å². The SMILES string of the molecule is CC(C)(CNC(=O)N1CCCC1C1CCCCC1(C)O)C1=CCCC1. The number of urea groups is 1. The van der Waals surface area contributed by atoms with Crippen molar-refractivity contribution in [2.75, 3.05) is 13.1 Å². The van der Waals surface area contributed by atoms with Gasteiger partial charge in [0.05, 0.1) is 5.60 Å². The standard InChI is InChI=1S/C21H36N2O2/c1-20(2,16-9-4-5-10-16)15-22-19(24)23-14-8-12-18(23)17-11-6-7-13-21(17,3)25/h9,17-18,25H,4-8,10-15H2,1-3H3,(H,22,24). The van der Waals surface area contributed by atoms with Crippen LogP contribution in [0.3, 0.4) is 0 Å². The van der Waals surface area contributed by atoms with Gasteiger partial charge in [-0.3, -0.25) is 0 Å². The number of hydrogen-bond donors (Lipinski definition) is 2. The number of allylic oxidation sites excluding steroid dienone is 1. The number of aliphatic hydroxyl groups is 1. The summed E-state index contributed by atoms with van der Waals surface area (Å²) in [6.45, 7) is 7.96. The normalized spacial score (nSPS) is 33.4. The number of likely N-dealkylation sites (tertiary alicyclic amines) is 1. The monoisotopic (exact) mass is 348 g/mol. The van der Waals surface area contributed by atoms with Gasteiger partial charge in [0.15, 0.2) is 0 Å². The zero-order chi connectivity index (χ0) is 18.1. The lowest BCUT2D eigenvalue weighted by atomic mass is 9.72. The highest BCUT2D eigenvalue weighted by Crippen LogP contribution is 2.41. The van der Waals surface area contributed by atoms with Crippen LogP contribution in [-0.2, 0) is 0 Å². The van der Waals surface area contributed by atoms with E-state index >= 15 is 0 Å². The van der Waals surface area contributed by atoms with E-state index in [9.17, 15) is 9.90 Å². The van der Waals surface area contributed by atoms with Gasteiger partial charge in [-0.1, -0.05) is 38.3 Å². The van der Waals surface area contributed by atoms with E-state index in [1.54, 1.807) is 0 Å². The van der Waals surface area contributed by atoms with Gasteiger partial charge in [0.25, 0.3) is 0 Å². The molecule has 2 aliphatic carbocycles. The van der Waals surface area contributed by atoms with E-state index in [0.717, 1.165) is 38.6 Å². The Kier molecular flexibility index (Phi) is 5.48. The predicted molar refractivity (Wildman–Crippen MR) is 101 cm³/mol. The van der Waals surface area contributed by atoms with Crippen molar-refractivity contribution >= 4 is 6.03 Å². The molecule has 142 valence electrons. The van der Waals surface area contributed by atoms with Crippen molar-refractivity contribution in [3.8, 4) is 0 Å². The Balaban J connectivity index is 1.61. The van der Waals surface area contributed by atoms with Crippen molar-refractivity contribution in [2.24, 2.45) is 11.3 Å². The van der Waals surface area contributed by atoms with Crippen molar-refractivity contribution in [3.63, 3.8) is 0 Å². The first-order chi connectivity index (χ1) is 11.8. The average Bonchev–Trinajstić information content (AvgIpc) is 3.24. The Hall–Kier alpha value is -1.03. The minimum Gasteiger partial charge on any atom is -0.390 e. The minimum atomic E-state index is -0.625. The highest BCUT2D eigenvalue weighted by Gasteiger charge is 2.44. The number of amides is 2. The van der Waals surface area contributed by atoms with Crippen molar-refractivity contribution in [1.82, 2.24) is 10.2 Å². The van der Waals surface area contributed by atoms with Crippen LogP contribution in [0.25, 0.3) is 0 Å². The molecule has 2 amide bonds. The molecule has 1 heterocycles. The van der Waals surface area contributed by atoms with Crippen LogP contribution >= 0.6 is 0 Å². The smallest absolute Gasteiger partial charge is 0.317 e. The summed E-state index contributed by atoms with van der Waals surface area (Å²) >= 11 is 0. The molecule has 1 saturated heterocycles. The number of carbonyl (C=O) groups excluding carboxylic acids is 1. The fourth-order valence-electron chi connectivity index (χ4n) is 5.21. The Morgan fingerprint density at radius 2 is 2.12 bits per heavy atom. The second-order valence-corrected chi connectivity index (χ2v) is 9.28. The summed E-state index contributed by atoms with van der Waals surface area (Å²) in [6, 6.07) is 0.264. The van der Waals surface area contributed by atoms with Crippen molar-refractivity contribution in [2.45, 2.75) is 90.2 Å². The lowest BCUT2D eigenvalue weighted by Crippen LogP contribution is -2.53. The molecule has 0 aromatic rings. The van der Waals surface area contributed by atoms with Gasteiger partial charge >= 0.3 is 6.03 Å². The molecule has 2 fully saturated rings. The maximum atomic E-state index is 12.9. The lowest BCUT2D eigenvalue weighted by Gasteiger charge is -2.43. The van der Waals surface area contributed by atoms with Gasteiger partial charge in [-0.25, -0.2) is 4.79 Å². The molecule has 25 heavy (non-hydrogen) atoms. The van der Waals surface area contributed by atoms with E-state index in [2.05, 4.69) is 25.2 Å². The number of nitrogens with zero attached hydrogens (tertiary/aromatic N) is 1. The summed E-state index contributed by atoms with van der Waals surface area (Å²) in [5.41, 5.74) is 0.901. The predicted octanol–water partition coefficient (Wildman–Crippen LogP) is 4.24. The number of rotatable bonds is 4. The Bertz CT molecular complexity index is 524. The van der Waals surface area contributed by atoms with E-state index in [0.29, 0.717) is 6.54 Å². The molecule has 2 N–H and O–H groups in total. The third-order valence-corrected chi connectivity index (χ3v) is 6.86. The van der Waals surface area contributed by atoms with Crippen LogP contribution < -0.4 is 5.32 Å². The molecular formula is C21H36N2O2. The molecule has 0 radical (unpaired) electrons. The van der Waals surface area contributed by atoms with E-state index in [4.69, 9.17) is 0 Å². The summed E-state index contributed by atoms with van der Waals surface area (Å²) in [5, 5.41) is 14.0. The summed E-state index contributed by atoms with van der Waals surface area (Å²) in [7, 11) is 0. The summed E-state index contributed by atoms with van der Waals surface area (Å²) < 4.78 is 0. The van der Waals surface area contributed by atoms with Gasteiger partial charge in [0.2, 0.25) is 0 Å². The third kappa shape index (κ3) is 4.05.